The lowest BCUT2D eigenvalue weighted by Gasteiger charge is -2.26. The van der Waals surface area contributed by atoms with Crippen LogP contribution in [0.3, 0.4) is 0 Å². The molecular formula is C11H21NO3. The fraction of sp³-hybridized carbons (Fsp3) is 0.909. The fourth-order valence-electron chi connectivity index (χ4n) is 1.45. The first-order chi connectivity index (χ1) is 7.20. The van der Waals surface area contributed by atoms with E-state index in [1.807, 2.05) is 13.8 Å². The van der Waals surface area contributed by atoms with Crippen LogP contribution in [0.5, 0.6) is 0 Å². The Balaban J connectivity index is 1.98. The van der Waals surface area contributed by atoms with Crippen LogP contribution in [0.4, 0.5) is 0 Å². The maximum Gasteiger partial charge on any atom is 0.308 e. The number of carbonyl (C=O) groups is 1. The molecule has 4 nitrogen and oxygen atoms in total. The third kappa shape index (κ3) is 5.14. The van der Waals surface area contributed by atoms with Crippen molar-refractivity contribution < 1.29 is 14.3 Å². The first-order valence-corrected chi connectivity index (χ1v) is 5.67. The van der Waals surface area contributed by atoms with Crippen LogP contribution in [0.1, 0.15) is 20.3 Å². The largest absolute Gasteiger partial charge is 0.465 e. The summed E-state index contributed by atoms with van der Waals surface area (Å²) >= 11 is 0. The van der Waals surface area contributed by atoms with Gasteiger partial charge < -0.3 is 9.47 Å². The lowest BCUT2D eigenvalue weighted by Crippen LogP contribution is -2.37. The molecule has 1 saturated heterocycles. The molecule has 0 unspecified atom stereocenters. The maximum absolute atomic E-state index is 11.1. The predicted molar refractivity (Wildman–Crippen MR) is 57.7 cm³/mol. The summed E-state index contributed by atoms with van der Waals surface area (Å²) in [6, 6.07) is 0. The molecule has 0 saturated carbocycles. The molecule has 0 aromatic carbocycles. The molecule has 1 rings (SSSR count). The summed E-state index contributed by atoms with van der Waals surface area (Å²) in [6.07, 6.45) is 0.915. The van der Waals surface area contributed by atoms with Gasteiger partial charge in [0.05, 0.1) is 25.7 Å². The molecule has 0 amide bonds. The maximum atomic E-state index is 11.1. The molecule has 1 heterocycles. The van der Waals surface area contributed by atoms with Crippen LogP contribution in [-0.2, 0) is 14.3 Å². The van der Waals surface area contributed by atoms with E-state index in [9.17, 15) is 4.79 Å². The summed E-state index contributed by atoms with van der Waals surface area (Å²) in [4.78, 5) is 13.5. The van der Waals surface area contributed by atoms with Gasteiger partial charge in [-0.15, -0.1) is 0 Å². The second-order valence-electron chi connectivity index (χ2n) is 4.13. The molecule has 0 aromatic heterocycles. The molecule has 0 aliphatic carbocycles. The van der Waals surface area contributed by atoms with Crippen molar-refractivity contribution in [2.45, 2.75) is 20.3 Å². The van der Waals surface area contributed by atoms with Gasteiger partial charge in [-0.2, -0.15) is 0 Å². The van der Waals surface area contributed by atoms with Crippen LogP contribution in [0, 0.1) is 5.92 Å². The molecule has 0 bridgehead atoms. The van der Waals surface area contributed by atoms with E-state index in [-0.39, 0.29) is 11.9 Å². The number of nitrogens with zero attached hydrogens (tertiary/aromatic N) is 1. The third-order valence-electron chi connectivity index (χ3n) is 2.44. The second-order valence-corrected chi connectivity index (χ2v) is 4.13. The van der Waals surface area contributed by atoms with Crippen molar-refractivity contribution in [2.24, 2.45) is 5.92 Å². The van der Waals surface area contributed by atoms with E-state index in [2.05, 4.69) is 4.90 Å². The van der Waals surface area contributed by atoms with Crippen LogP contribution in [0.25, 0.3) is 0 Å². The number of esters is 1. The fourth-order valence-corrected chi connectivity index (χ4v) is 1.45. The van der Waals surface area contributed by atoms with Gasteiger partial charge in [-0.1, -0.05) is 13.8 Å². The Hall–Kier alpha value is -0.610. The van der Waals surface area contributed by atoms with Gasteiger partial charge >= 0.3 is 5.97 Å². The average Bonchev–Trinajstić information content (AvgIpc) is 2.25. The number of hydrogen-bond acceptors (Lipinski definition) is 4. The van der Waals surface area contributed by atoms with Crippen molar-refractivity contribution in [3.05, 3.63) is 0 Å². The minimum absolute atomic E-state index is 0.0200. The number of hydrogen-bond donors (Lipinski definition) is 0. The van der Waals surface area contributed by atoms with E-state index in [1.165, 1.54) is 0 Å². The van der Waals surface area contributed by atoms with Gasteiger partial charge in [-0.25, -0.2) is 0 Å². The van der Waals surface area contributed by atoms with Crippen LogP contribution >= 0.6 is 0 Å². The Morgan fingerprint density at radius 1 is 1.40 bits per heavy atom. The monoisotopic (exact) mass is 215 g/mol. The molecule has 1 fully saturated rings. The van der Waals surface area contributed by atoms with E-state index < -0.39 is 0 Å². The van der Waals surface area contributed by atoms with Gasteiger partial charge in [0.1, 0.15) is 0 Å². The molecule has 0 N–H and O–H groups in total. The summed E-state index contributed by atoms with van der Waals surface area (Å²) in [5.41, 5.74) is 0. The van der Waals surface area contributed by atoms with Gasteiger partial charge in [0, 0.05) is 19.6 Å². The van der Waals surface area contributed by atoms with Gasteiger partial charge in [0.2, 0.25) is 0 Å². The first kappa shape index (κ1) is 12.5. The highest BCUT2D eigenvalue weighted by Crippen LogP contribution is 2.00. The molecule has 0 spiro atoms. The van der Waals surface area contributed by atoms with Gasteiger partial charge in [-0.05, 0) is 6.42 Å². The molecule has 0 aromatic rings. The van der Waals surface area contributed by atoms with Gasteiger partial charge in [0.25, 0.3) is 0 Å². The number of carbonyl (C=O) groups excluding carboxylic acids is 1. The van der Waals surface area contributed by atoms with Crippen molar-refractivity contribution in [3.8, 4) is 0 Å². The summed E-state index contributed by atoms with van der Waals surface area (Å²) in [6.45, 7) is 8.88. The summed E-state index contributed by atoms with van der Waals surface area (Å²) < 4.78 is 10.3. The zero-order valence-corrected chi connectivity index (χ0v) is 9.70. The zero-order valence-electron chi connectivity index (χ0n) is 9.70. The lowest BCUT2D eigenvalue weighted by molar-refractivity contribution is -0.147. The number of ether oxygens (including phenoxy) is 2. The third-order valence-corrected chi connectivity index (χ3v) is 2.44. The molecular weight excluding hydrogens is 194 g/mol. The molecule has 15 heavy (non-hydrogen) atoms. The average molecular weight is 215 g/mol. The summed E-state index contributed by atoms with van der Waals surface area (Å²) in [5.74, 6) is -0.120. The topological polar surface area (TPSA) is 38.8 Å². The molecule has 88 valence electrons. The van der Waals surface area contributed by atoms with E-state index >= 15 is 0 Å². The van der Waals surface area contributed by atoms with E-state index in [0.29, 0.717) is 6.61 Å². The quantitative estimate of drug-likeness (QED) is 0.505. The molecule has 1 aliphatic heterocycles. The highest BCUT2D eigenvalue weighted by Gasteiger charge is 2.11. The van der Waals surface area contributed by atoms with Crippen molar-refractivity contribution in [1.29, 1.82) is 0 Å². The zero-order chi connectivity index (χ0) is 11.1. The minimum Gasteiger partial charge on any atom is -0.465 e. The van der Waals surface area contributed by atoms with Gasteiger partial charge in [-0.3, -0.25) is 9.69 Å². The van der Waals surface area contributed by atoms with E-state index in [4.69, 9.17) is 9.47 Å². The van der Waals surface area contributed by atoms with Gasteiger partial charge in [0.15, 0.2) is 0 Å². The Kier molecular flexibility index (Phi) is 5.65. The van der Waals surface area contributed by atoms with Crippen molar-refractivity contribution >= 4 is 5.97 Å². The Morgan fingerprint density at radius 3 is 2.67 bits per heavy atom. The van der Waals surface area contributed by atoms with Crippen molar-refractivity contribution in [1.82, 2.24) is 4.90 Å². The standard InChI is InChI=1S/C11H21NO3/c1-10(2)11(13)15-7-3-4-12-5-8-14-9-6-12/h10H,3-9H2,1-2H3. The van der Waals surface area contributed by atoms with Crippen LogP contribution in [-0.4, -0.2) is 50.3 Å². The smallest absolute Gasteiger partial charge is 0.308 e. The Bertz CT molecular complexity index is 188. The Labute approximate surface area is 91.5 Å². The van der Waals surface area contributed by atoms with Crippen LogP contribution in [0.2, 0.25) is 0 Å². The second kappa shape index (κ2) is 6.80. The van der Waals surface area contributed by atoms with Crippen LogP contribution in [0.15, 0.2) is 0 Å². The highest BCUT2D eigenvalue weighted by molar-refractivity contribution is 5.71. The van der Waals surface area contributed by atoms with E-state index in [0.717, 1.165) is 39.3 Å². The van der Waals surface area contributed by atoms with Crippen molar-refractivity contribution in [3.63, 3.8) is 0 Å². The predicted octanol–water partition coefficient (Wildman–Crippen LogP) is 0.908. The molecule has 1 aliphatic rings. The molecule has 4 heteroatoms. The normalized spacial score (nSPS) is 18.1. The number of morpholine rings is 1. The first-order valence-electron chi connectivity index (χ1n) is 5.67. The highest BCUT2D eigenvalue weighted by atomic mass is 16.5. The van der Waals surface area contributed by atoms with Crippen LogP contribution < -0.4 is 0 Å². The Morgan fingerprint density at radius 2 is 2.07 bits per heavy atom. The molecule has 0 atom stereocenters. The van der Waals surface area contributed by atoms with Crippen molar-refractivity contribution in [2.75, 3.05) is 39.5 Å². The van der Waals surface area contributed by atoms with E-state index in [1.54, 1.807) is 0 Å². The SMILES string of the molecule is CC(C)C(=O)OCCCN1CCOCC1. The summed E-state index contributed by atoms with van der Waals surface area (Å²) in [7, 11) is 0. The lowest BCUT2D eigenvalue weighted by atomic mass is 10.2. The summed E-state index contributed by atoms with van der Waals surface area (Å²) in [5, 5.41) is 0. The molecule has 0 radical (unpaired) electrons. The number of rotatable bonds is 5. The minimum atomic E-state index is -0.100.